The van der Waals surface area contributed by atoms with Gasteiger partial charge in [-0.3, -0.25) is 9.59 Å². The molecular weight excluding hydrogens is 372 g/mol. The van der Waals surface area contributed by atoms with E-state index in [1.165, 1.54) is 7.11 Å². The number of Topliss-reactive ketones (excluding diaryl/α,β-unsaturated/α-hetero) is 1. The van der Waals surface area contributed by atoms with E-state index >= 15 is 0 Å². The maximum absolute atomic E-state index is 13.2. The third-order valence-electron chi connectivity index (χ3n) is 7.25. The van der Waals surface area contributed by atoms with Crippen LogP contribution in [0.3, 0.4) is 0 Å². The standard InChI is InChI=1S/C22H38O5Si/c1-15-12-16-13-18(25-5)17(22(14-15,19(16)23)20(24)26-6)10-9-11-27-28(7,8)21(2,3)4/h16-18H,1,9-14H2,2-8H3/t16-,17+,18-,22-/m0/s1. The molecular formula is C22H38O5Si. The lowest BCUT2D eigenvalue weighted by atomic mass is 9.53. The Morgan fingerprint density at radius 2 is 1.93 bits per heavy atom. The Kier molecular flexibility index (Phi) is 6.99. The van der Waals surface area contributed by atoms with Crippen LogP contribution in [-0.2, 0) is 23.5 Å². The fourth-order valence-electron chi connectivity index (χ4n) is 4.67. The molecule has 160 valence electrons. The van der Waals surface area contributed by atoms with Gasteiger partial charge >= 0.3 is 5.97 Å². The van der Waals surface area contributed by atoms with Gasteiger partial charge in [0.25, 0.3) is 0 Å². The normalized spacial score (nSPS) is 31.0. The number of methoxy groups -OCH3 is 2. The molecule has 6 heteroatoms. The first-order chi connectivity index (χ1) is 12.9. The molecule has 5 nitrogen and oxygen atoms in total. The molecule has 0 spiro atoms. The SMILES string of the molecule is C=C1C[C@H]2C[C@H](OC)[C@@H](CCCO[Si](C)(C)C(C)(C)C)[C@@](C(=O)OC)(C1)C2=O. The van der Waals surface area contributed by atoms with Crippen LogP contribution in [0, 0.1) is 17.3 Å². The summed E-state index contributed by atoms with van der Waals surface area (Å²) in [5.41, 5.74) is -0.183. The molecule has 2 bridgehead atoms. The first kappa shape index (κ1) is 23.3. The molecule has 28 heavy (non-hydrogen) atoms. The topological polar surface area (TPSA) is 61.8 Å². The minimum atomic E-state index is -1.82. The van der Waals surface area contributed by atoms with Gasteiger partial charge in [-0.2, -0.15) is 0 Å². The maximum Gasteiger partial charge on any atom is 0.320 e. The number of fused-ring (bicyclic) bond motifs is 2. The van der Waals surface area contributed by atoms with Gasteiger partial charge in [-0.25, -0.2) is 0 Å². The average molecular weight is 411 g/mol. The van der Waals surface area contributed by atoms with Crippen LogP contribution in [0.15, 0.2) is 12.2 Å². The Hall–Kier alpha value is -0.983. The number of carbonyl (C=O) groups excluding carboxylic acids is 2. The zero-order valence-corrected chi connectivity index (χ0v) is 19.7. The van der Waals surface area contributed by atoms with E-state index in [1.807, 2.05) is 0 Å². The zero-order chi connectivity index (χ0) is 21.3. The van der Waals surface area contributed by atoms with Gasteiger partial charge in [0.1, 0.15) is 5.41 Å². The van der Waals surface area contributed by atoms with Crippen LogP contribution in [0.4, 0.5) is 0 Å². The molecule has 0 aromatic rings. The van der Waals surface area contributed by atoms with Crippen molar-refractivity contribution in [1.29, 1.82) is 0 Å². The first-order valence-electron chi connectivity index (χ1n) is 10.4. The molecule has 0 aliphatic heterocycles. The van der Waals surface area contributed by atoms with Crippen LogP contribution in [0.25, 0.3) is 0 Å². The van der Waals surface area contributed by atoms with Gasteiger partial charge in [0.2, 0.25) is 0 Å². The van der Waals surface area contributed by atoms with E-state index in [1.54, 1.807) is 7.11 Å². The molecule has 0 amide bonds. The summed E-state index contributed by atoms with van der Waals surface area (Å²) in [6.07, 6.45) is 3.05. The smallest absolute Gasteiger partial charge is 0.320 e. The van der Waals surface area contributed by atoms with Crippen molar-refractivity contribution in [2.24, 2.45) is 17.3 Å². The number of ketones is 1. The van der Waals surface area contributed by atoms with Crippen LogP contribution in [0.2, 0.25) is 18.1 Å². The van der Waals surface area contributed by atoms with Gasteiger partial charge < -0.3 is 13.9 Å². The maximum atomic E-state index is 13.2. The minimum absolute atomic E-state index is 0.0235. The highest BCUT2D eigenvalue weighted by Gasteiger charge is 2.62. The monoisotopic (exact) mass is 410 g/mol. The molecule has 4 atom stereocenters. The number of allylic oxidation sites excluding steroid dienone is 1. The molecule has 0 unspecified atom stereocenters. The van der Waals surface area contributed by atoms with Gasteiger partial charge in [0, 0.05) is 25.6 Å². The van der Waals surface area contributed by atoms with Gasteiger partial charge in [-0.1, -0.05) is 32.9 Å². The van der Waals surface area contributed by atoms with Gasteiger partial charge in [-0.15, -0.1) is 0 Å². The number of carbonyl (C=O) groups is 2. The van der Waals surface area contributed by atoms with E-state index in [9.17, 15) is 9.59 Å². The number of esters is 1. The molecule has 0 aromatic heterocycles. The van der Waals surface area contributed by atoms with Crippen molar-refractivity contribution in [2.75, 3.05) is 20.8 Å². The highest BCUT2D eigenvalue weighted by atomic mass is 28.4. The van der Waals surface area contributed by atoms with Crippen LogP contribution in [0.5, 0.6) is 0 Å². The minimum Gasteiger partial charge on any atom is -0.468 e. The summed E-state index contributed by atoms with van der Waals surface area (Å²) in [6.45, 7) is 15.9. The Balaban J connectivity index is 2.20. The zero-order valence-electron chi connectivity index (χ0n) is 18.7. The molecule has 2 aliphatic rings. The molecule has 2 saturated carbocycles. The average Bonchev–Trinajstić information content (AvgIpc) is 2.59. The summed E-state index contributed by atoms with van der Waals surface area (Å²) in [4.78, 5) is 26.1. The lowest BCUT2D eigenvalue weighted by Crippen LogP contribution is -2.59. The van der Waals surface area contributed by atoms with Gasteiger partial charge in [0.05, 0.1) is 13.2 Å². The van der Waals surface area contributed by atoms with E-state index < -0.39 is 19.7 Å². The summed E-state index contributed by atoms with van der Waals surface area (Å²) in [7, 11) is 1.22. The summed E-state index contributed by atoms with van der Waals surface area (Å²) < 4.78 is 17.2. The van der Waals surface area contributed by atoms with Crippen molar-refractivity contribution < 1.29 is 23.5 Å². The molecule has 0 heterocycles. The Morgan fingerprint density at radius 1 is 1.29 bits per heavy atom. The van der Waals surface area contributed by atoms with Crippen molar-refractivity contribution in [2.45, 2.75) is 77.1 Å². The Morgan fingerprint density at radius 3 is 2.46 bits per heavy atom. The van der Waals surface area contributed by atoms with Crippen LogP contribution < -0.4 is 0 Å². The van der Waals surface area contributed by atoms with E-state index in [0.717, 1.165) is 12.0 Å². The van der Waals surface area contributed by atoms with Gasteiger partial charge in [0.15, 0.2) is 14.1 Å². The van der Waals surface area contributed by atoms with E-state index in [0.29, 0.717) is 32.3 Å². The second-order valence-electron chi connectivity index (χ2n) is 10.0. The first-order valence-corrected chi connectivity index (χ1v) is 13.3. The van der Waals surface area contributed by atoms with E-state index in [4.69, 9.17) is 13.9 Å². The molecule has 0 N–H and O–H groups in total. The summed E-state index contributed by atoms with van der Waals surface area (Å²) in [5.74, 6) is -0.797. The number of hydrogen-bond acceptors (Lipinski definition) is 5. The number of ether oxygens (including phenoxy) is 2. The summed E-state index contributed by atoms with van der Waals surface area (Å²) >= 11 is 0. The third kappa shape index (κ3) is 4.14. The van der Waals surface area contributed by atoms with Crippen LogP contribution in [0.1, 0.15) is 52.9 Å². The number of rotatable bonds is 7. The van der Waals surface area contributed by atoms with Crippen molar-refractivity contribution in [3.63, 3.8) is 0 Å². The second-order valence-corrected chi connectivity index (χ2v) is 14.8. The molecule has 2 aliphatic carbocycles. The van der Waals surface area contributed by atoms with E-state index in [2.05, 4.69) is 40.4 Å². The number of hydrogen-bond donors (Lipinski definition) is 0. The quantitative estimate of drug-likeness (QED) is 0.203. The van der Waals surface area contributed by atoms with Crippen molar-refractivity contribution >= 4 is 20.1 Å². The fourth-order valence-corrected chi connectivity index (χ4v) is 5.76. The van der Waals surface area contributed by atoms with E-state index in [-0.39, 0.29) is 28.8 Å². The van der Waals surface area contributed by atoms with Crippen LogP contribution in [-0.4, -0.2) is 47.0 Å². The van der Waals surface area contributed by atoms with Crippen molar-refractivity contribution in [3.8, 4) is 0 Å². The highest BCUT2D eigenvalue weighted by Crippen LogP contribution is 2.54. The Bertz CT molecular complexity index is 621. The lowest BCUT2D eigenvalue weighted by Gasteiger charge is -2.50. The fraction of sp³-hybridized carbons (Fsp3) is 0.818. The summed E-state index contributed by atoms with van der Waals surface area (Å²) in [5, 5.41) is 0.157. The van der Waals surface area contributed by atoms with Crippen molar-refractivity contribution in [3.05, 3.63) is 12.2 Å². The molecule has 2 rings (SSSR count). The molecule has 2 fully saturated rings. The van der Waals surface area contributed by atoms with Crippen molar-refractivity contribution in [1.82, 2.24) is 0 Å². The van der Waals surface area contributed by atoms with Crippen LogP contribution >= 0.6 is 0 Å². The largest absolute Gasteiger partial charge is 0.468 e. The lowest BCUT2D eigenvalue weighted by molar-refractivity contribution is -0.178. The second kappa shape index (κ2) is 8.40. The summed E-state index contributed by atoms with van der Waals surface area (Å²) in [6, 6.07) is 0. The predicted molar refractivity (Wildman–Crippen MR) is 113 cm³/mol. The molecule has 0 radical (unpaired) electrons. The highest BCUT2D eigenvalue weighted by molar-refractivity contribution is 6.74. The Labute approximate surface area is 171 Å². The third-order valence-corrected chi connectivity index (χ3v) is 11.8. The molecule has 0 saturated heterocycles. The van der Waals surface area contributed by atoms with Gasteiger partial charge in [-0.05, 0) is 50.2 Å². The molecule has 0 aromatic carbocycles. The predicted octanol–water partition coefficient (Wildman–Crippen LogP) is 4.52.